The van der Waals surface area contributed by atoms with E-state index in [1.807, 2.05) is 37.5 Å². The lowest BCUT2D eigenvalue weighted by molar-refractivity contribution is 0.0456. The van der Waals surface area contributed by atoms with Crippen molar-refractivity contribution in [3.8, 4) is 0 Å². The second-order valence-corrected chi connectivity index (χ2v) is 5.03. The van der Waals surface area contributed by atoms with E-state index in [1.165, 1.54) is 0 Å². The van der Waals surface area contributed by atoms with Crippen LogP contribution in [-0.2, 0) is 18.4 Å². The molecule has 1 unspecified atom stereocenters. The summed E-state index contributed by atoms with van der Waals surface area (Å²) in [6.07, 6.45) is 3.61. The molecule has 1 aromatic heterocycles. The van der Waals surface area contributed by atoms with Crippen molar-refractivity contribution in [3.05, 3.63) is 52.3 Å². The van der Waals surface area contributed by atoms with Crippen LogP contribution in [0.1, 0.15) is 17.2 Å². The highest BCUT2D eigenvalue weighted by Gasteiger charge is 2.12. The Balaban J connectivity index is 1.99. The molecule has 1 heterocycles. The van der Waals surface area contributed by atoms with Crippen molar-refractivity contribution < 1.29 is 4.74 Å². The average Bonchev–Trinajstić information content (AvgIpc) is 2.77. The zero-order valence-corrected chi connectivity index (χ0v) is 11.8. The van der Waals surface area contributed by atoms with E-state index in [1.54, 1.807) is 10.9 Å². The topological polar surface area (TPSA) is 53.1 Å². The van der Waals surface area contributed by atoms with Gasteiger partial charge in [0.2, 0.25) is 0 Å². The Morgan fingerprint density at radius 2 is 2.33 bits per heavy atom. The Morgan fingerprint density at radius 1 is 1.50 bits per heavy atom. The number of aromatic nitrogens is 2. The third-order valence-corrected chi connectivity index (χ3v) is 3.14. The van der Waals surface area contributed by atoms with Crippen molar-refractivity contribution in [2.45, 2.75) is 12.7 Å². The van der Waals surface area contributed by atoms with Crippen LogP contribution in [0.5, 0.6) is 0 Å². The van der Waals surface area contributed by atoms with Crippen LogP contribution < -0.4 is 5.73 Å². The Morgan fingerprint density at radius 3 is 2.94 bits per heavy atom. The Hall–Kier alpha value is -1.17. The maximum absolute atomic E-state index is 5.83. The first-order valence-electron chi connectivity index (χ1n) is 5.73. The summed E-state index contributed by atoms with van der Waals surface area (Å²) in [5.41, 5.74) is 7.86. The smallest absolute Gasteiger partial charge is 0.0981 e. The number of benzene rings is 1. The van der Waals surface area contributed by atoms with E-state index in [0.29, 0.717) is 13.2 Å². The summed E-state index contributed by atoms with van der Waals surface area (Å²) in [5.74, 6) is 0. The van der Waals surface area contributed by atoms with Crippen LogP contribution in [0.15, 0.2) is 41.1 Å². The SMILES string of the molecule is Cn1cc(C(CN)OCc2cccc(Br)c2)cn1. The molecule has 18 heavy (non-hydrogen) atoms. The van der Waals surface area contributed by atoms with Crippen LogP contribution in [0.4, 0.5) is 0 Å². The van der Waals surface area contributed by atoms with Crippen molar-refractivity contribution in [3.63, 3.8) is 0 Å². The van der Waals surface area contributed by atoms with E-state index >= 15 is 0 Å². The summed E-state index contributed by atoms with van der Waals surface area (Å²) in [4.78, 5) is 0. The molecule has 0 radical (unpaired) electrons. The lowest BCUT2D eigenvalue weighted by atomic mass is 10.2. The molecule has 0 saturated carbocycles. The molecule has 0 fully saturated rings. The largest absolute Gasteiger partial charge is 0.367 e. The number of halogens is 1. The molecule has 2 aromatic rings. The molecule has 0 aliphatic carbocycles. The number of hydrogen-bond acceptors (Lipinski definition) is 3. The van der Waals surface area contributed by atoms with Crippen LogP contribution in [0.3, 0.4) is 0 Å². The molecular formula is C13H16BrN3O. The zero-order valence-electron chi connectivity index (χ0n) is 10.2. The maximum Gasteiger partial charge on any atom is 0.0981 e. The Kier molecular flexibility index (Phi) is 4.52. The van der Waals surface area contributed by atoms with E-state index in [-0.39, 0.29) is 6.10 Å². The van der Waals surface area contributed by atoms with Crippen molar-refractivity contribution in [1.29, 1.82) is 0 Å². The Labute approximate surface area is 115 Å². The second-order valence-electron chi connectivity index (χ2n) is 4.11. The highest BCUT2D eigenvalue weighted by atomic mass is 79.9. The van der Waals surface area contributed by atoms with Crippen molar-refractivity contribution in [2.75, 3.05) is 6.54 Å². The molecular weight excluding hydrogens is 294 g/mol. The average molecular weight is 310 g/mol. The quantitative estimate of drug-likeness (QED) is 0.922. The maximum atomic E-state index is 5.83. The predicted octanol–water partition coefficient (Wildman–Crippen LogP) is 2.40. The van der Waals surface area contributed by atoms with Gasteiger partial charge in [0.25, 0.3) is 0 Å². The minimum Gasteiger partial charge on any atom is -0.367 e. The summed E-state index contributed by atoms with van der Waals surface area (Å²) >= 11 is 3.44. The highest BCUT2D eigenvalue weighted by molar-refractivity contribution is 9.10. The number of ether oxygens (including phenoxy) is 1. The summed E-state index contributed by atoms with van der Waals surface area (Å²) < 4.78 is 8.63. The zero-order chi connectivity index (χ0) is 13.0. The van der Waals surface area contributed by atoms with Crippen LogP contribution >= 0.6 is 15.9 Å². The number of hydrogen-bond donors (Lipinski definition) is 1. The van der Waals surface area contributed by atoms with Gasteiger partial charge in [-0.05, 0) is 17.7 Å². The summed E-state index contributed by atoms with van der Waals surface area (Å²) in [5, 5.41) is 4.13. The van der Waals surface area contributed by atoms with E-state index in [2.05, 4.69) is 21.0 Å². The van der Waals surface area contributed by atoms with Gasteiger partial charge in [-0.1, -0.05) is 28.1 Å². The summed E-state index contributed by atoms with van der Waals surface area (Å²) in [7, 11) is 1.88. The molecule has 0 bridgehead atoms. The number of rotatable bonds is 5. The summed E-state index contributed by atoms with van der Waals surface area (Å²) in [6, 6.07) is 8.05. The molecule has 5 heteroatoms. The normalized spacial score (nSPS) is 12.6. The minimum absolute atomic E-state index is 0.113. The van der Waals surface area contributed by atoms with Crippen LogP contribution in [-0.4, -0.2) is 16.3 Å². The van der Waals surface area contributed by atoms with Crippen LogP contribution in [0, 0.1) is 0 Å². The first kappa shape index (κ1) is 13.3. The van der Waals surface area contributed by atoms with E-state index in [0.717, 1.165) is 15.6 Å². The molecule has 0 aliphatic heterocycles. The van der Waals surface area contributed by atoms with Crippen LogP contribution in [0.2, 0.25) is 0 Å². The van der Waals surface area contributed by atoms with Gasteiger partial charge in [0.15, 0.2) is 0 Å². The summed E-state index contributed by atoms with van der Waals surface area (Å²) in [6.45, 7) is 0.982. The van der Waals surface area contributed by atoms with Gasteiger partial charge in [-0.3, -0.25) is 4.68 Å². The molecule has 0 saturated heterocycles. The van der Waals surface area contributed by atoms with Gasteiger partial charge >= 0.3 is 0 Å². The standard InChI is InChI=1S/C13H16BrN3O/c1-17-8-11(7-16-17)13(6-15)18-9-10-3-2-4-12(14)5-10/h2-5,7-8,13H,6,9,15H2,1H3. The molecule has 2 N–H and O–H groups in total. The molecule has 0 aliphatic rings. The molecule has 0 spiro atoms. The second kappa shape index (κ2) is 6.13. The van der Waals surface area contributed by atoms with Gasteiger partial charge in [-0.15, -0.1) is 0 Å². The first-order chi connectivity index (χ1) is 8.69. The van der Waals surface area contributed by atoms with Gasteiger partial charge in [0.05, 0.1) is 18.9 Å². The molecule has 2 rings (SSSR count). The van der Waals surface area contributed by atoms with Gasteiger partial charge in [-0.2, -0.15) is 5.10 Å². The van der Waals surface area contributed by atoms with Crippen molar-refractivity contribution in [1.82, 2.24) is 9.78 Å². The third kappa shape index (κ3) is 3.41. The fourth-order valence-corrected chi connectivity index (χ4v) is 2.18. The van der Waals surface area contributed by atoms with Gasteiger partial charge in [0, 0.05) is 29.8 Å². The fourth-order valence-electron chi connectivity index (χ4n) is 1.73. The monoisotopic (exact) mass is 309 g/mol. The lowest BCUT2D eigenvalue weighted by Gasteiger charge is -2.14. The number of aryl methyl sites for hydroxylation is 1. The predicted molar refractivity (Wildman–Crippen MR) is 73.9 cm³/mol. The molecule has 1 aromatic carbocycles. The van der Waals surface area contributed by atoms with E-state index < -0.39 is 0 Å². The van der Waals surface area contributed by atoms with E-state index in [9.17, 15) is 0 Å². The fraction of sp³-hybridized carbons (Fsp3) is 0.308. The molecule has 96 valence electrons. The van der Waals surface area contributed by atoms with Crippen LogP contribution in [0.25, 0.3) is 0 Å². The number of nitrogens with zero attached hydrogens (tertiary/aromatic N) is 2. The van der Waals surface area contributed by atoms with Gasteiger partial charge < -0.3 is 10.5 Å². The van der Waals surface area contributed by atoms with E-state index in [4.69, 9.17) is 10.5 Å². The van der Waals surface area contributed by atoms with Crippen molar-refractivity contribution in [2.24, 2.45) is 12.8 Å². The highest BCUT2D eigenvalue weighted by Crippen LogP contribution is 2.19. The number of nitrogens with two attached hydrogens (primary N) is 1. The van der Waals surface area contributed by atoms with Gasteiger partial charge in [-0.25, -0.2) is 0 Å². The lowest BCUT2D eigenvalue weighted by Crippen LogP contribution is -2.15. The third-order valence-electron chi connectivity index (χ3n) is 2.65. The minimum atomic E-state index is -0.113. The van der Waals surface area contributed by atoms with Gasteiger partial charge in [0.1, 0.15) is 0 Å². The van der Waals surface area contributed by atoms with Crippen molar-refractivity contribution >= 4 is 15.9 Å². The first-order valence-corrected chi connectivity index (χ1v) is 6.53. The Bertz CT molecular complexity index is 512. The molecule has 0 amide bonds. The molecule has 1 atom stereocenters. The molecule has 4 nitrogen and oxygen atoms in total.